The first-order valence-corrected chi connectivity index (χ1v) is 20.4. The number of hydrogen-bond donors (Lipinski definition) is 0. The molecule has 0 unspecified atom stereocenters. The fourth-order valence-electron chi connectivity index (χ4n) is 9.18. The number of para-hydroxylation sites is 2. The summed E-state index contributed by atoms with van der Waals surface area (Å²) in [5.74, 6) is 0. The molecule has 1 aliphatic carbocycles. The molecule has 59 heavy (non-hydrogen) atoms. The van der Waals surface area contributed by atoms with Gasteiger partial charge in [0, 0.05) is 38.8 Å². The van der Waals surface area contributed by atoms with Gasteiger partial charge in [-0.15, -0.1) is 0 Å². The van der Waals surface area contributed by atoms with Gasteiger partial charge in [-0.25, -0.2) is 0 Å². The summed E-state index contributed by atoms with van der Waals surface area (Å²) in [6.07, 6.45) is 0. The summed E-state index contributed by atoms with van der Waals surface area (Å²) >= 11 is 0. The van der Waals surface area contributed by atoms with Crippen LogP contribution in [0.15, 0.2) is 217 Å². The van der Waals surface area contributed by atoms with Crippen molar-refractivity contribution in [1.29, 1.82) is 0 Å². The molecule has 0 atom stereocenters. The van der Waals surface area contributed by atoms with Crippen LogP contribution in [0, 0.1) is 0 Å². The Morgan fingerprint density at radius 3 is 1.37 bits per heavy atom. The molecule has 0 fully saturated rings. The molecule has 1 aliphatic rings. The van der Waals surface area contributed by atoms with Crippen LogP contribution in [0.2, 0.25) is 0 Å². The van der Waals surface area contributed by atoms with Gasteiger partial charge in [0.2, 0.25) is 0 Å². The predicted molar refractivity (Wildman–Crippen MR) is 248 cm³/mol. The van der Waals surface area contributed by atoms with Crippen molar-refractivity contribution in [1.82, 2.24) is 0 Å². The van der Waals surface area contributed by atoms with Crippen molar-refractivity contribution in [2.24, 2.45) is 0 Å². The topological polar surface area (TPSA) is 16.4 Å². The lowest BCUT2D eigenvalue weighted by molar-refractivity contribution is 0.660. The van der Waals surface area contributed by atoms with Crippen LogP contribution in [0.4, 0.5) is 17.1 Å². The molecule has 0 amide bonds. The molecule has 1 aromatic heterocycles. The zero-order chi connectivity index (χ0) is 39.5. The highest BCUT2D eigenvalue weighted by molar-refractivity contribution is 6.09. The molecule has 280 valence electrons. The smallest absolute Gasteiger partial charge is 0.143 e. The van der Waals surface area contributed by atoms with E-state index in [2.05, 4.69) is 225 Å². The Bertz CT molecular complexity index is 3140. The van der Waals surface area contributed by atoms with E-state index in [0.717, 1.165) is 44.6 Å². The summed E-state index contributed by atoms with van der Waals surface area (Å²) in [5.41, 5.74) is 19.7. The summed E-state index contributed by atoms with van der Waals surface area (Å²) in [7, 11) is 0. The van der Waals surface area contributed by atoms with Gasteiger partial charge in [-0.2, -0.15) is 0 Å². The van der Waals surface area contributed by atoms with E-state index in [1.807, 2.05) is 6.07 Å². The van der Waals surface area contributed by atoms with Crippen molar-refractivity contribution in [3.63, 3.8) is 0 Å². The first-order chi connectivity index (χ1) is 29.0. The van der Waals surface area contributed by atoms with Gasteiger partial charge in [0.25, 0.3) is 0 Å². The molecule has 0 saturated carbocycles. The molecular weight excluding hydrogens is 715 g/mol. The minimum Gasteiger partial charge on any atom is -0.455 e. The lowest BCUT2D eigenvalue weighted by atomic mass is 9.81. The van der Waals surface area contributed by atoms with Gasteiger partial charge in [0.05, 0.1) is 0 Å². The molecule has 1 heterocycles. The molecular formula is C57H41NO. The maximum absolute atomic E-state index is 6.48. The van der Waals surface area contributed by atoms with Crippen molar-refractivity contribution < 1.29 is 4.42 Å². The van der Waals surface area contributed by atoms with Crippen molar-refractivity contribution in [3.8, 4) is 55.6 Å². The number of anilines is 3. The van der Waals surface area contributed by atoms with E-state index in [9.17, 15) is 0 Å². The van der Waals surface area contributed by atoms with Gasteiger partial charge in [0.1, 0.15) is 11.2 Å². The Hall–Kier alpha value is -7.42. The maximum Gasteiger partial charge on any atom is 0.143 e. The summed E-state index contributed by atoms with van der Waals surface area (Å²) in [5, 5.41) is 2.30. The fourth-order valence-corrected chi connectivity index (χ4v) is 9.18. The predicted octanol–water partition coefficient (Wildman–Crippen LogP) is 16.0. The minimum absolute atomic E-state index is 0.225. The molecule has 0 radical (unpaired) electrons. The SMILES string of the molecule is CC1(C)c2cc(-c3cccc4c3oc3ccccc34)ccc2-c2ccc(N(c3ccc(-c4ccccc4)cc3)c3ccc(-c4ccc(-c5ccccc5)cc4)cc3)cc21. The molecule has 0 spiro atoms. The van der Waals surface area contributed by atoms with Crippen molar-refractivity contribution in [3.05, 3.63) is 223 Å². The molecule has 2 nitrogen and oxygen atoms in total. The molecule has 10 aromatic rings. The Morgan fingerprint density at radius 2 is 0.780 bits per heavy atom. The number of rotatable bonds is 7. The second kappa shape index (κ2) is 13.9. The normalized spacial score (nSPS) is 12.7. The van der Waals surface area contributed by atoms with Crippen LogP contribution < -0.4 is 4.90 Å². The third kappa shape index (κ3) is 5.96. The van der Waals surface area contributed by atoms with Gasteiger partial charge < -0.3 is 9.32 Å². The third-order valence-electron chi connectivity index (χ3n) is 12.3. The number of furan rings is 1. The van der Waals surface area contributed by atoms with Crippen LogP contribution in [-0.2, 0) is 5.41 Å². The van der Waals surface area contributed by atoms with E-state index >= 15 is 0 Å². The number of benzene rings is 9. The standard InChI is InChI=1S/C57H41NO/c1-57(2)53-36-44(48-17-11-18-52-51-16-9-10-19-55(51)59-56(48)52)28-34-49(53)50-35-33-47(37-54(50)57)58(45-29-24-42(25-30-45)39-14-7-4-8-15-39)46-31-26-43(27-32-46)41-22-20-40(21-23-41)38-12-5-3-6-13-38/h3-37H,1-2H3. The molecule has 0 N–H and O–H groups in total. The van der Waals surface area contributed by atoms with Crippen LogP contribution in [0.3, 0.4) is 0 Å². The molecule has 9 aromatic carbocycles. The molecule has 0 bridgehead atoms. The van der Waals surface area contributed by atoms with E-state index < -0.39 is 0 Å². The monoisotopic (exact) mass is 755 g/mol. The van der Waals surface area contributed by atoms with Gasteiger partial charge in [0.15, 0.2) is 0 Å². The van der Waals surface area contributed by atoms with Gasteiger partial charge >= 0.3 is 0 Å². The van der Waals surface area contributed by atoms with Crippen molar-refractivity contribution in [2.45, 2.75) is 19.3 Å². The summed E-state index contributed by atoms with van der Waals surface area (Å²) in [4.78, 5) is 2.39. The molecule has 2 heteroatoms. The highest BCUT2D eigenvalue weighted by Crippen LogP contribution is 2.52. The fraction of sp³-hybridized carbons (Fsp3) is 0.0526. The Morgan fingerprint density at radius 1 is 0.339 bits per heavy atom. The van der Waals surface area contributed by atoms with E-state index in [-0.39, 0.29) is 5.41 Å². The highest BCUT2D eigenvalue weighted by atomic mass is 16.3. The van der Waals surface area contributed by atoms with Crippen LogP contribution >= 0.6 is 0 Å². The highest BCUT2D eigenvalue weighted by Gasteiger charge is 2.36. The maximum atomic E-state index is 6.48. The van der Waals surface area contributed by atoms with Crippen LogP contribution in [0.1, 0.15) is 25.0 Å². The van der Waals surface area contributed by atoms with E-state index in [1.54, 1.807) is 0 Å². The number of nitrogens with zero attached hydrogens (tertiary/aromatic N) is 1. The first-order valence-electron chi connectivity index (χ1n) is 20.4. The minimum atomic E-state index is -0.225. The summed E-state index contributed by atoms with van der Waals surface area (Å²) in [6, 6.07) is 76.8. The third-order valence-corrected chi connectivity index (χ3v) is 12.3. The Balaban J connectivity index is 0.972. The zero-order valence-corrected chi connectivity index (χ0v) is 33.1. The van der Waals surface area contributed by atoms with E-state index in [4.69, 9.17) is 4.42 Å². The Kier molecular flexibility index (Phi) is 8.20. The second-order valence-electron chi connectivity index (χ2n) is 16.1. The molecule has 11 rings (SSSR count). The quantitative estimate of drug-likeness (QED) is 0.161. The molecule has 0 saturated heterocycles. The lowest BCUT2D eigenvalue weighted by Gasteiger charge is -2.28. The van der Waals surface area contributed by atoms with Crippen LogP contribution in [0.5, 0.6) is 0 Å². The van der Waals surface area contributed by atoms with Crippen molar-refractivity contribution >= 4 is 39.0 Å². The summed E-state index contributed by atoms with van der Waals surface area (Å²) < 4.78 is 6.48. The van der Waals surface area contributed by atoms with Gasteiger partial charge in [-0.3, -0.25) is 0 Å². The Labute approximate surface area is 345 Å². The zero-order valence-electron chi connectivity index (χ0n) is 33.1. The van der Waals surface area contributed by atoms with Crippen LogP contribution in [0.25, 0.3) is 77.6 Å². The van der Waals surface area contributed by atoms with Gasteiger partial charge in [-0.1, -0.05) is 178 Å². The number of hydrogen-bond acceptors (Lipinski definition) is 2. The van der Waals surface area contributed by atoms with E-state index in [1.165, 1.54) is 61.2 Å². The number of fused-ring (bicyclic) bond motifs is 6. The lowest BCUT2D eigenvalue weighted by Crippen LogP contribution is -2.16. The van der Waals surface area contributed by atoms with E-state index in [0.29, 0.717) is 0 Å². The average molecular weight is 756 g/mol. The van der Waals surface area contributed by atoms with Crippen molar-refractivity contribution in [2.75, 3.05) is 4.90 Å². The average Bonchev–Trinajstić information content (AvgIpc) is 3.79. The summed E-state index contributed by atoms with van der Waals surface area (Å²) in [6.45, 7) is 4.73. The first kappa shape index (κ1) is 34.8. The largest absolute Gasteiger partial charge is 0.455 e. The van der Waals surface area contributed by atoms with Crippen LogP contribution in [-0.4, -0.2) is 0 Å². The molecule has 0 aliphatic heterocycles. The second-order valence-corrected chi connectivity index (χ2v) is 16.1. The van der Waals surface area contributed by atoms with Gasteiger partial charge in [-0.05, 0) is 110 Å².